The van der Waals surface area contributed by atoms with E-state index in [0.29, 0.717) is 0 Å². The molecular formula is C14H16N2OS. The van der Waals surface area contributed by atoms with Gasteiger partial charge in [0.2, 0.25) is 0 Å². The van der Waals surface area contributed by atoms with E-state index in [1.807, 2.05) is 12.3 Å². The summed E-state index contributed by atoms with van der Waals surface area (Å²) in [4.78, 5) is 4.58. The molecule has 0 aliphatic carbocycles. The molecule has 18 heavy (non-hydrogen) atoms. The monoisotopic (exact) mass is 260 g/mol. The second-order valence-corrected chi connectivity index (χ2v) is 5.50. The number of nitrogens with zero attached hydrogens (tertiary/aromatic N) is 1. The van der Waals surface area contributed by atoms with Crippen LogP contribution >= 0.6 is 11.3 Å². The summed E-state index contributed by atoms with van der Waals surface area (Å²) in [5.41, 5.74) is 9.25. The SMILES string of the molecule is CC(N)c1csc(-c2ccc3c(c2)CCCO3)n1. The number of nitrogens with two attached hydrogens (primary N) is 1. The lowest BCUT2D eigenvalue weighted by molar-refractivity contribution is 0.288. The summed E-state index contributed by atoms with van der Waals surface area (Å²) in [5.74, 6) is 1.02. The smallest absolute Gasteiger partial charge is 0.123 e. The van der Waals surface area contributed by atoms with Crippen LogP contribution in [0.1, 0.15) is 30.6 Å². The number of hydrogen-bond donors (Lipinski definition) is 1. The van der Waals surface area contributed by atoms with Crippen molar-refractivity contribution in [2.75, 3.05) is 6.61 Å². The highest BCUT2D eigenvalue weighted by Gasteiger charge is 2.13. The molecule has 0 radical (unpaired) electrons. The van der Waals surface area contributed by atoms with Gasteiger partial charge in [0, 0.05) is 17.0 Å². The summed E-state index contributed by atoms with van der Waals surface area (Å²) in [6, 6.07) is 6.32. The topological polar surface area (TPSA) is 48.1 Å². The van der Waals surface area contributed by atoms with Gasteiger partial charge >= 0.3 is 0 Å². The van der Waals surface area contributed by atoms with Crippen molar-refractivity contribution in [2.45, 2.75) is 25.8 Å². The molecule has 1 atom stereocenters. The molecule has 0 amide bonds. The minimum atomic E-state index is -0.00374. The molecule has 4 heteroatoms. The number of benzene rings is 1. The molecule has 1 aliphatic rings. The molecule has 0 spiro atoms. The van der Waals surface area contributed by atoms with Crippen molar-refractivity contribution >= 4 is 11.3 Å². The molecule has 3 nitrogen and oxygen atoms in total. The first kappa shape index (κ1) is 11.7. The van der Waals surface area contributed by atoms with Crippen molar-refractivity contribution < 1.29 is 4.74 Å². The molecule has 3 rings (SSSR count). The Hall–Kier alpha value is -1.39. The molecule has 2 heterocycles. The Morgan fingerprint density at radius 3 is 3.11 bits per heavy atom. The van der Waals surface area contributed by atoms with E-state index in [1.165, 1.54) is 5.56 Å². The third-order valence-corrected chi connectivity index (χ3v) is 4.05. The molecule has 1 aromatic heterocycles. The molecule has 0 saturated carbocycles. The third kappa shape index (κ3) is 2.13. The zero-order chi connectivity index (χ0) is 12.5. The predicted molar refractivity (Wildman–Crippen MR) is 74.0 cm³/mol. The summed E-state index contributed by atoms with van der Waals surface area (Å²) < 4.78 is 5.62. The van der Waals surface area contributed by atoms with E-state index in [9.17, 15) is 0 Å². The lowest BCUT2D eigenvalue weighted by atomic mass is 10.0. The lowest BCUT2D eigenvalue weighted by Crippen LogP contribution is -2.08. The first-order valence-corrected chi connectivity index (χ1v) is 7.09. The highest BCUT2D eigenvalue weighted by Crippen LogP contribution is 2.32. The van der Waals surface area contributed by atoms with Crippen LogP contribution < -0.4 is 10.5 Å². The Kier molecular flexibility index (Phi) is 3.06. The Bertz CT molecular complexity index is 563. The minimum Gasteiger partial charge on any atom is -0.493 e. The standard InChI is InChI=1S/C14H16N2OS/c1-9(15)12-8-18-14(16-12)11-4-5-13-10(7-11)3-2-6-17-13/h4-5,7-9H,2-3,6,15H2,1H3. The first-order valence-electron chi connectivity index (χ1n) is 6.21. The van der Waals surface area contributed by atoms with E-state index < -0.39 is 0 Å². The number of thiazole rings is 1. The normalized spacial score (nSPS) is 15.9. The zero-order valence-corrected chi connectivity index (χ0v) is 11.2. The number of aryl methyl sites for hydroxylation is 1. The fraction of sp³-hybridized carbons (Fsp3) is 0.357. The molecule has 94 valence electrons. The van der Waals surface area contributed by atoms with Gasteiger partial charge in [0.15, 0.2) is 0 Å². The lowest BCUT2D eigenvalue weighted by Gasteiger charge is -2.17. The van der Waals surface area contributed by atoms with Gasteiger partial charge < -0.3 is 10.5 Å². The number of aromatic nitrogens is 1. The molecule has 0 fully saturated rings. The van der Waals surface area contributed by atoms with Gasteiger partial charge in [-0.25, -0.2) is 4.98 Å². The van der Waals surface area contributed by atoms with Gasteiger partial charge in [-0.2, -0.15) is 0 Å². The van der Waals surface area contributed by atoms with E-state index in [1.54, 1.807) is 11.3 Å². The first-order chi connectivity index (χ1) is 8.74. The molecule has 1 aliphatic heterocycles. The van der Waals surface area contributed by atoms with Gasteiger partial charge in [-0.15, -0.1) is 11.3 Å². The predicted octanol–water partition coefficient (Wildman–Crippen LogP) is 3.15. The summed E-state index contributed by atoms with van der Waals surface area (Å²) in [6.07, 6.45) is 2.19. The highest BCUT2D eigenvalue weighted by atomic mass is 32.1. The Morgan fingerprint density at radius 2 is 2.33 bits per heavy atom. The Balaban J connectivity index is 1.95. The molecule has 0 bridgehead atoms. The fourth-order valence-electron chi connectivity index (χ4n) is 2.12. The van der Waals surface area contributed by atoms with Crippen LogP contribution in [-0.4, -0.2) is 11.6 Å². The molecular weight excluding hydrogens is 244 g/mol. The van der Waals surface area contributed by atoms with Crippen molar-refractivity contribution in [2.24, 2.45) is 5.73 Å². The summed E-state index contributed by atoms with van der Waals surface area (Å²) >= 11 is 1.65. The molecule has 1 aromatic carbocycles. The van der Waals surface area contributed by atoms with Crippen LogP contribution in [0.25, 0.3) is 10.6 Å². The Morgan fingerprint density at radius 1 is 1.44 bits per heavy atom. The van der Waals surface area contributed by atoms with Crippen molar-refractivity contribution in [3.63, 3.8) is 0 Å². The van der Waals surface area contributed by atoms with Gasteiger partial charge in [-0.05, 0) is 43.5 Å². The van der Waals surface area contributed by atoms with Gasteiger partial charge in [0.05, 0.1) is 12.3 Å². The number of hydrogen-bond acceptors (Lipinski definition) is 4. The molecule has 2 aromatic rings. The van der Waals surface area contributed by atoms with E-state index in [-0.39, 0.29) is 6.04 Å². The van der Waals surface area contributed by atoms with Crippen molar-refractivity contribution in [3.05, 3.63) is 34.8 Å². The summed E-state index contributed by atoms with van der Waals surface area (Å²) in [6.45, 7) is 2.79. The average molecular weight is 260 g/mol. The maximum absolute atomic E-state index is 5.84. The second-order valence-electron chi connectivity index (χ2n) is 4.64. The largest absolute Gasteiger partial charge is 0.493 e. The van der Waals surface area contributed by atoms with Gasteiger partial charge in [0.25, 0.3) is 0 Å². The van der Waals surface area contributed by atoms with E-state index in [0.717, 1.165) is 41.5 Å². The van der Waals surface area contributed by atoms with Gasteiger partial charge in [-0.1, -0.05) is 0 Å². The number of fused-ring (bicyclic) bond motifs is 1. The highest BCUT2D eigenvalue weighted by molar-refractivity contribution is 7.13. The average Bonchev–Trinajstić information content (AvgIpc) is 2.88. The molecule has 0 saturated heterocycles. The van der Waals surface area contributed by atoms with Crippen molar-refractivity contribution in [1.82, 2.24) is 4.98 Å². The van der Waals surface area contributed by atoms with Crippen LogP contribution in [0.2, 0.25) is 0 Å². The second kappa shape index (κ2) is 4.71. The van der Waals surface area contributed by atoms with E-state index in [2.05, 4.69) is 23.2 Å². The van der Waals surface area contributed by atoms with E-state index in [4.69, 9.17) is 10.5 Å². The van der Waals surface area contributed by atoms with Gasteiger partial charge in [-0.3, -0.25) is 0 Å². The zero-order valence-electron chi connectivity index (χ0n) is 10.3. The van der Waals surface area contributed by atoms with Crippen LogP contribution in [0.4, 0.5) is 0 Å². The van der Waals surface area contributed by atoms with Crippen LogP contribution in [0.5, 0.6) is 5.75 Å². The van der Waals surface area contributed by atoms with Crippen molar-refractivity contribution in [1.29, 1.82) is 0 Å². The number of rotatable bonds is 2. The van der Waals surface area contributed by atoms with E-state index >= 15 is 0 Å². The minimum absolute atomic E-state index is 0.00374. The third-order valence-electron chi connectivity index (χ3n) is 3.14. The fourth-order valence-corrected chi connectivity index (χ4v) is 3.04. The van der Waals surface area contributed by atoms with Crippen LogP contribution in [-0.2, 0) is 6.42 Å². The van der Waals surface area contributed by atoms with Crippen molar-refractivity contribution in [3.8, 4) is 16.3 Å². The maximum atomic E-state index is 5.84. The van der Waals surface area contributed by atoms with Crippen LogP contribution in [0, 0.1) is 0 Å². The molecule has 1 unspecified atom stereocenters. The molecule has 2 N–H and O–H groups in total. The Labute approximate surface area is 111 Å². The van der Waals surface area contributed by atoms with Crippen LogP contribution in [0.3, 0.4) is 0 Å². The van der Waals surface area contributed by atoms with Crippen LogP contribution in [0.15, 0.2) is 23.6 Å². The maximum Gasteiger partial charge on any atom is 0.123 e. The quantitative estimate of drug-likeness (QED) is 0.902. The van der Waals surface area contributed by atoms with Gasteiger partial charge in [0.1, 0.15) is 10.8 Å². The summed E-state index contributed by atoms with van der Waals surface area (Å²) in [5, 5.41) is 3.08. The summed E-state index contributed by atoms with van der Waals surface area (Å²) in [7, 11) is 0. The number of ether oxygens (including phenoxy) is 1.